The predicted molar refractivity (Wildman–Crippen MR) is 60.1 cm³/mol. The highest BCUT2D eigenvalue weighted by atomic mass is 35.5. The molecule has 0 unspecified atom stereocenters. The summed E-state index contributed by atoms with van der Waals surface area (Å²) in [5.41, 5.74) is 5.42. The number of hydrogen-bond acceptors (Lipinski definition) is 4. The van der Waals surface area contributed by atoms with Crippen LogP contribution in [0, 0.1) is 0 Å². The zero-order valence-electron chi connectivity index (χ0n) is 7.69. The number of nitrogens with zero attached hydrogens (tertiary/aromatic N) is 2. The molecule has 2 heterocycles. The highest BCUT2D eigenvalue weighted by Gasteiger charge is 2.17. The topological polar surface area (TPSA) is 79.6 Å². The van der Waals surface area contributed by atoms with E-state index in [4.69, 9.17) is 5.73 Å². The van der Waals surface area contributed by atoms with Crippen LogP contribution in [0.25, 0.3) is 0 Å². The monoisotopic (exact) mass is 239 g/mol. The highest BCUT2D eigenvalue weighted by Crippen LogP contribution is 2.21. The van der Waals surface area contributed by atoms with Crippen LogP contribution in [0.15, 0.2) is 0 Å². The Morgan fingerprint density at radius 2 is 1.86 bits per heavy atom. The Labute approximate surface area is 95.1 Å². The summed E-state index contributed by atoms with van der Waals surface area (Å²) < 4.78 is 0. The van der Waals surface area contributed by atoms with Crippen LogP contribution in [0.4, 0.5) is 5.95 Å². The third-order valence-corrected chi connectivity index (χ3v) is 2.25. The Hall–Kier alpha value is -0.520. The normalized spacial score (nSPS) is 16.9. The van der Waals surface area contributed by atoms with E-state index in [1.165, 1.54) is 0 Å². The maximum atomic E-state index is 5.42. The molecule has 14 heavy (non-hydrogen) atoms. The molecule has 0 saturated carbocycles. The fourth-order valence-corrected chi connectivity index (χ4v) is 1.57. The van der Waals surface area contributed by atoms with Gasteiger partial charge in [-0.2, -0.15) is 4.98 Å². The summed E-state index contributed by atoms with van der Waals surface area (Å²) in [6.45, 7) is 2.12. The van der Waals surface area contributed by atoms with Gasteiger partial charge in [0.2, 0.25) is 5.95 Å². The SMILES string of the molecule is Cl.Cl.Nc1n[nH]c(C2CCNCC2)n1. The van der Waals surface area contributed by atoms with E-state index in [2.05, 4.69) is 20.5 Å². The van der Waals surface area contributed by atoms with Crippen LogP contribution in [0.3, 0.4) is 0 Å². The van der Waals surface area contributed by atoms with Gasteiger partial charge in [-0.05, 0) is 25.9 Å². The third-order valence-electron chi connectivity index (χ3n) is 2.25. The van der Waals surface area contributed by atoms with Crippen molar-refractivity contribution in [3.63, 3.8) is 0 Å². The second-order valence-electron chi connectivity index (χ2n) is 3.10. The Balaban J connectivity index is 0.000000845. The fraction of sp³-hybridized carbons (Fsp3) is 0.714. The molecule has 0 bridgehead atoms. The molecule has 5 nitrogen and oxygen atoms in total. The van der Waals surface area contributed by atoms with E-state index in [0.29, 0.717) is 11.9 Å². The molecule has 0 aliphatic carbocycles. The second-order valence-corrected chi connectivity index (χ2v) is 3.10. The summed E-state index contributed by atoms with van der Waals surface area (Å²) in [6, 6.07) is 0. The lowest BCUT2D eigenvalue weighted by atomic mass is 9.98. The van der Waals surface area contributed by atoms with E-state index < -0.39 is 0 Å². The summed E-state index contributed by atoms with van der Waals surface area (Å²) in [5.74, 6) is 1.80. The number of nitrogens with two attached hydrogens (primary N) is 1. The largest absolute Gasteiger partial charge is 0.367 e. The third kappa shape index (κ3) is 3.01. The molecular formula is C7H15Cl2N5. The van der Waals surface area contributed by atoms with E-state index in [0.717, 1.165) is 31.8 Å². The maximum absolute atomic E-state index is 5.42. The maximum Gasteiger partial charge on any atom is 0.239 e. The van der Waals surface area contributed by atoms with Crippen molar-refractivity contribution < 1.29 is 0 Å². The van der Waals surface area contributed by atoms with Gasteiger partial charge in [0.25, 0.3) is 0 Å². The zero-order valence-corrected chi connectivity index (χ0v) is 9.33. The van der Waals surface area contributed by atoms with Crippen LogP contribution < -0.4 is 11.1 Å². The van der Waals surface area contributed by atoms with Gasteiger partial charge in [-0.15, -0.1) is 29.9 Å². The lowest BCUT2D eigenvalue weighted by molar-refractivity contribution is 0.446. The molecule has 1 aromatic rings. The molecule has 1 aliphatic heterocycles. The molecule has 0 atom stereocenters. The number of anilines is 1. The number of halogens is 2. The Morgan fingerprint density at radius 1 is 1.21 bits per heavy atom. The molecule has 4 N–H and O–H groups in total. The number of nitrogens with one attached hydrogen (secondary N) is 2. The van der Waals surface area contributed by atoms with Crippen molar-refractivity contribution in [1.82, 2.24) is 20.5 Å². The van der Waals surface area contributed by atoms with Gasteiger partial charge in [0, 0.05) is 5.92 Å². The van der Waals surface area contributed by atoms with Crippen molar-refractivity contribution in [2.24, 2.45) is 0 Å². The van der Waals surface area contributed by atoms with Crippen molar-refractivity contribution in [1.29, 1.82) is 0 Å². The van der Waals surface area contributed by atoms with E-state index in [-0.39, 0.29) is 24.8 Å². The summed E-state index contributed by atoms with van der Waals surface area (Å²) in [6.07, 6.45) is 2.24. The second kappa shape index (κ2) is 6.06. The first kappa shape index (κ1) is 13.5. The summed E-state index contributed by atoms with van der Waals surface area (Å²) in [5, 5.41) is 9.97. The summed E-state index contributed by atoms with van der Waals surface area (Å²) in [4.78, 5) is 4.12. The van der Waals surface area contributed by atoms with E-state index in [9.17, 15) is 0 Å². The van der Waals surface area contributed by atoms with Crippen LogP contribution in [0.1, 0.15) is 24.6 Å². The molecule has 0 spiro atoms. The van der Waals surface area contributed by atoms with Crippen molar-refractivity contribution in [3.8, 4) is 0 Å². The Kier molecular flexibility index (Phi) is 5.83. The number of H-pyrrole nitrogens is 1. The minimum absolute atomic E-state index is 0. The van der Waals surface area contributed by atoms with Gasteiger partial charge in [-0.3, -0.25) is 5.10 Å². The fourth-order valence-electron chi connectivity index (χ4n) is 1.57. The number of hydrogen-bond donors (Lipinski definition) is 3. The van der Waals surface area contributed by atoms with Crippen LogP contribution in [-0.2, 0) is 0 Å². The first-order chi connectivity index (χ1) is 5.86. The standard InChI is InChI=1S/C7H13N5.2ClH/c8-7-10-6(11-12-7)5-1-3-9-4-2-5;;/h5,9H,1-4H2,(H3,8,10,11,12);2*1H. The van der Waals surface area contributed by atoms with Gasteiger partial charge in [-0.1, -0.05) is 0 Å². The number of piperidine rings is 1. The van der Waals surface area contributed by atoms with Gasteiger partial charge in [0.1, 0.15) is 5.82 Å². The predicted octanol–water partition coefficient (Wildman–Crippen LogP) is 0.697. The Bertz CT molecular complexity index is 258. The molecule has 0 aromatic carbocycles. The molecule has 1 fully saturated rings. The lowest BCUT2D eigenvalue weighted by Crippen LogP contribution is -2.27. The van der Waals surface area contributed by atoms with Gasteiger partial charge in [0.05, 0.1) is 0 Å². The molecule has 0 radical (unpaired) electrons. The van der Waals surface area contributed by atoms with E-state index in [1.807, 2.05) is 0 Å². The van der Waals surface area contributed by atoms with Gasteiger partial charge < -0.3 is 11.1 Å². The number of aromatic nitrogens is 3. The van der Waals surface area contributed by atoms with Crippen LogP contribution in [0.2, 0.25) is 0 Å². The molecule has 82 valence electrons. The number of nitrogen functional groups attached to an aromatic ring is 1. The van der Waals surface area contributed by atoms with Crippen molar-refractivity contribution in [3.05, 3.63) is 5.82 Å². The first-order valence-electron chi connectivity index (χ1n) is 4.25. The number of aromatic amines is 1. The molecule has 1 aromatic heterocycles. The molecule has 1 aliphatic rings. The quantitative estimate of drug-likeness (QED) is 0.675. The minimum atomic E-state index is 0. The molecule has 0 amide bonds. The molecule has 1 saturated heterocycles. The van der Waals surface area contributed by atoms with E-state index in [1.54, 1.807) is 0 Å². The summed E-state index contributed by atoms with van der Waals surface area (Å²) in [7, 11) is 0. The smallest absolute Gasteiger partial charge is 0.239 e. The van der Waals surface area contributed by atoms with Crippen molar-refractivity contribution in [2.75, 3.05) is 18.8 Å². The van der Waals surface area contributed by atoms with Crippen LogP contribution in [0.5, 0.6) is 0 Å². The lowest BCUT2D eigenvalue weighted by Gasteiger charge is -2.19. The molecule has 7 heteroatoms. The van der Waals surface area contributed by atoms with Crippen LogP contribution >= 0.6 is 24.8 Å². The van der Waals surface area contributed by atoms with E-state index >= 15 is 0 Å². The summed E-state index contributed by atoms with van der Waals surface area (Å²) >= 11 is 0. The van der Waals surface area contributed by atoms with Crippen molar-refractivity contribution in [2.45, 2.75) is 18.8 Å². The highest BCUT2D eigenvalue weighted by molar-refractivity contribution is 5.85. The Morgan fingerprint density at radius 3 is 2.36 bits per heavy atom. The van der Waals surface area contributed by atoms with Gasteiger partial charge in [0.15, 0.2) is 0 Å². The first-order valence-corrected chi connectivity index (χ1v) is 4.25. The van der Waals surface area contributed by atoms with Gasteiger partial charge >= 0.3 is 0 Å². The average Bonchev–Trinajstić information content (AvgIpc) is 2.54. The minimum Gasteiger partial charge on any atom is -0.367 e. The zero-order chi connectivity index (χ0) is 8.39. The number of rotatable bonds is 1. The van der Waals surface area contributed by atoms with Crippen molar-refractivity contribution >= 4 is 30.8 Å². The van der Waals surface area contributed by atoms with Crippen LogP contribution in [-0.4, -0.2) is 28.3 Å². The molecular weight excluding hydrogens is 225 g/mol. The van der Waals surface area contributed by atoms with Gasteiger partial charge in [-0.25, -0.2) is 0 Å². The average molecular weight is 240 g/mol. The molecule has 2 rings (SSSR count).